The number of ether oxygens (including phenoxy) is 1. The maximum Gasteiger partial charge on any atom is 0.354 e. The summed E-state index contributed by atoms with van der Waals surface area (Å²) in [7, 11) is 0. The fraction of sp³-hybridized carbons (Fsp3) is 0.320. The van der Waals surface area contributed by atoms with Crippen LogP contribution >= 0.6 is 11.8 Å². The van der Waals surface area contributed by atoms with Gasteiger partial charge in [0.15, 0.2) is 0 Å². The zero-order chi connectivity index (χ0) is 22.9. The van der Waals surface area contributed by atoms with Gasteiger partial charge in [-0.3, -0.25) is 4.79 Å². The number of aromatic hydroxyl groups is 1. The molecule has 0 fully saturated rings. The van der Waals surface area contributed by atoms with Crippen LogP contribution in [0.25, 0.3) is 11.0 Å². The average molecular weight is 454 g/mol. The molecule has 1 aromatic heterocycles. The van der Waals surface area contributed by atoms with Crippen LogP contribution in [-0.4, -0.2) is 23.8 Å². The molecule has 0 aliphatic rings. The molecule has 3 aromatic rings. The van der Waals surface area contributed by atoms with Crippen molar-refractivity contribution in [1.29, 1.82) is 0 Å². The number of rotatable bonds is 10. The van der Waals surface area contributed by atoms with Gasteiger partial charge in [0.25, 0.3) is 5.90 Å². The second-order valence-electron chi connectivity index (χ2n) is 7.46. The Bertz CT molecular complexity index is 1140. The fourth-order valence-corrected chi connectivity index (χ4v) is 4.12. The summed E-state index contributed by atoms with van der Waals surface area (Å²) in [4.78, 5) is 29.2. The van der Waals surface area contributed by atoms with Crippen LogP contribution in [0.15, 0.2) is 72.5 Å². The molecular formula is C25H27NO5S. The predicted octanol–water partition coefficient (Wildman–Crippen LogP) is 5.84. The first-order chi connectivity index (χ1) is 15.5. The molecular weight excluding hydrogens is 426 g/mol. The Morgan fingerprint density at radius 2 is 2.00 bits per heavy atom. The first-order valence-electron chi connectivity index (χ1n) is 10.8. The van der Waals surface area contributed by atoms with E-state index in [-0.39, 0.29) is 22.1 Å². The van der Waals surface area contributed by atoms with Crippen LogP contribution in [0.2, 0.25) is 0 Å². The lowest BCUT2D eigenvalue weighted by molar-refractivity contribution is -0.103. The molecule has 0 spiro atoms. The minimum Gasteiger partial charge on any atom is -0.506 e. The second-order valence-corrected chi connectivity index (χ2v) is 8.54. The lowest BCUT2D eigenvalue weighted by Gasteiger charge is -2.12. The molecule has 0 amide bonds. The van der Waals surface area contributed by atoms with Gasteiger partial charge in [-0.2, -0.15) is 0 Å². The highest BCUT2D eigenvalue weighted by molar-refractivity contribution is 7.99. The minimum absolute atomic E-state index is 0.0258. The fourth-order valence-electron chi connectivity index (χ4n) is 3.26. The Hall–Kier alpha value is -3.06. The van der Waals surface area contributed by atoms with Crippen molar-refractivity contribution in [3.8, 4) is 11.5 Å². The Kier molecular flexibility index (Phi) is 8.50. The normalized spacial score (nSPS) is 12.6. The summed E-state index contributed by atoms with van der Waals surface area (Å²) in [6.07, 6.45) is 4.87. The molecule has 0 radical (unpaired) electrons. The highest BCUT2D eigenvalue weighted by Crippen LogP contribution is 2.37. The lowest BCUT2D eigenvalue weighted by atomic mass is 10.00. The van der Waals surface area contributed by atoms with Crippen LogP contribution in [0.4, 0.5) is 0 Å². The number of hydrogen-bond acceptors (Lipinski definition) is 7. The molecule has 1 heterocycles. The van der Waals surface area contributed by atoms with Gasteiger partial charge in [0.1, 0.15) is 22.0 Å². The van der Waals surface area contributed by atoms with Crippen molar-refractivity contribution in [2.24, 2.45) is 10.9 Å². The highest BCUT2D eigenvalue weighted by Gasteiger charge is 2.16. The summed E-state index contributed by atoms with van der Waals surface area (Å²) in [5.41, 5.74) is -0.478. The van der Waals surface area contributed by atoms with Crippen molar-refractivity contribution in [3.05, 3.63) is 59.0 Å². The highest BCUT2D eigenvalue weighted by atomic mass is 32.2. The quantitative estimate of drug-likeness (QED) is 0.179. The number of carbonyl (C=O) groups excluding carboxylic acids is 1. The van der Waals surface area contributed by atoms with Crippen molar-refractivity contribution >= 4 is 34.9 Å². The minimum atomic E-state index is -0.646. The molecule has 32 heavy (non-hydrogen) atoms. The summed E-state index contributed by atoms with van der Waals surface area (Å²) in [5.74, 6) is 0.529. The van der Waals surface area contributed by atoms with Gasteiger partial charge in [0, 0.05) is 17.5 Å². The molecule has 3 rings (SSSR count). The molecule has 1 N–H and O–H groups in total. The van der Waals surface area contributed by atoms with Crippen molar-refractivity contribution in [3.63, 3.8) is 0 Å². The van der Waals surface area contributed by atoms with E-state index in [0.29, 0.717) is 29.9 Å². The topological polar surface area (TPSA) is 89.1 Å². The Morgan fingerprint density at radius 3 is 2.69 bits per heavy atom. The van der Waals surface area contributed by atoms with Gasteiger partial charge in [-0.25, -0.2) is 9.79 Å². The van der Waals surface area contributed by atoms with Crippen LogP contribution in [0, 0.1) is 5.92 Å². The summed E-state index contributed by atoms with van der Waals surface area (Å²) in [6.45, 7) is 4.78. The molecule has 0 aliphatic heterocycles. The Balaban J connectivity index is 1.81. The van der Waals surface area contributed by atoms with E-state index in [1.807, 2.05) is 30.3 Å². The van der Waals surface area contributed by atoms with Crippen LogP contribution in [0.5, 0.6) is 11.5 Å². The number of nitrogens with zero attached hydrogens (tertiary/aromatic N) is 1. The van der Waals surface area contributed by atoms with E-state index in [1.54, 1.807) is 12.1 Å². The zero-order valence-electron chi connectivity index (χ0n) is 18.2. The van der Waals surface area contributed by atoms with E-state index >= 15 is 0 Å². The summed E-state index contributed by atoms with van der Waals surface area (Å²) >= 11 is 1.14. The van der Waals surface area contributed by atoms with Gasteiger partial charge >= 0.3 is 5.63 Å². The molecule has 1 atom stereocenters. The van der Waals surface area contributed by atoms with E-state index in [9.17, 15) is 14.7 Å². The molecule has 0 saturated carbocycles. The van der Waals surface area contributed by atoms with Crippen LogP contribution in [0.3, 0.4) is 0 Å². The van der Waals surface area contributed by atoms with Crippen LogP contribution in [-0.2, 0) is 4.79 Å². The number of aldehydes is 1. The van der Waals surface area contributed by atoms with Gasteiger partial charge in [-0.1, -0.05) is 63.1 Å². The van der Waals surface area contributed by atoms with Gasteiger partial charge in [-0.05, 0) is 36.6 Å². The molecule has 0 saturated heterocycles. The first kappa shape index (κ1) is 23.6. The summed E-state index contributed by atoms with van der Waals surface area (Å²) < 4.78 is 11.0. The monoisotopic (exact) mass is 453 g/mol. The van der Waals surface area contributed by atoms with Gasteiger partial charge < -0.3 is 14.3 Å². The zero-order valence-corrected chi connectivity index (χ0v) is 19.1. The maximum absolute atomic E-state index is 12.5. The second kappa shape index (κ2) is 11.5. The number of unbranched alkanes of at least 4 members (excludes halogenated alkanes) is 1. The molecule has 7 heteroatoms. The van der Waals surface area contributed by atoms with Crippen LogP contribution in [0.1, 0.15) is 39.5 Å². The standard InChI is InChI=1S/C25H27NO5S/c1-3-5-9-17(4-2)15-26-22(16-27)30-18-12-13-20-21(14-18)31-25(29)24(23(20)28)32-19-10-7-6-8-11-19/h6-8,10-14,16-17,28H,3-5,9,15H2,1-2H3. The molecule has 0 aliphatic carbocycles. The first-order valence-corrected chi connectivity index (χ1v) is 11.6. The summed E-state index contributed by atoms with van der Waals surface area (Å²) in [6, 6.07) is 13.9. The van der Waals surface area contributed by atoms with E-state index < -0.39 is 5.63 Å². The molecule has 1 unspecified atom stereocenters. The Labute approximate surface area is 191 Å². The molecule has 0 bridgehead atoms. The molecule has 2 aromatic carbocycles. The largest absolute Gasteiger partial charge is 0.506 e. The van der Waals surface area contributed by atoms with Gasteiger partial charge in [0.05, 0.1) is 5.39 Å². The third kappa shape index (κ3) is 6.01. The maximum atomic E-state index is 12.5. The lowest BCUT2D eigenvalue weighted by Crippen LogP contribution is -2.13. The van der Waals surface area contributed by atoms with E-state index in [2.05, 4.69) is 18.8 Å². The van der Waals surface area contributed by atoms with Crippen molar-refractivity contribution in [2.45, 2.75) is 49.3 Å². The average Bonchev–Trinajstić information content (AvgIpc) is 2.81. The van der Waals surface area contributed by atoms with E-state index in [4.69, 9.17) is 9.15 Å². The number of aliphatic imine (C=N–C) groups is 1. The van der Waals surface area contributed by atoms with Gasteiger partial charge in [-0.15, -0.1) is 0 Å². The van der Waals surface area contributed by atoms with E-state index in [0.717, 1.165) is 42.3 Å². The summed E-state index contributed by atoms with van der Waals surface area (Å²) in [5, 5.41) is 11.0. The molecule has 6 nitrogen and oxygen atoms in total. The van der Waals surface area contributed by atoms with E-state index in [1.165, 1.54) is 6.07 Å². The van der Waals surface area contributed by atoms with Crippen molar-refractivity contribution < 1.29 is 19.1 Å². The molecule has 168 valence electrons. The number of benzene rings is 2. The number of fused-ring (bicyclic) bond motifs is 1. The van der Waals surface area contributed by atoms with Crippen molar-refractivity contribution in [2.75, 3.05) is 6.54 Å². The Morgan fingerprint density at radius 1 is 1.22 bits per heavy atom. The van der Waals surface area contributed by atoms with Crippen LogP contribution < -0.4 is 10.4 Å². The number of hydrogen-bond donors (Lipinski definition) is 1. The SMILES string of the molecule is CCCCC(CC)CN=C(C=O)Oc1ccc2c(O)c(Sc3ccccc3)c(=O)oc2c1. The third-order valence-corrected chi connectivity index (χ3v) is 6.22. The van der Waals surface area contributed by atoms with Gasteiger partial charge in [0.2, 0.25) is 6.29 Å². The number of carbonyl (C=O) groups is 1. The third-order valence-electron chi connectivity index (χ3n) is 5.15. The van der Waals surface area contributed by atoms with Crippen molar-refractivity contribution in [1.82, 2.24) is 0 Å². The smallest absolute Gasteiger partial charge is 0.354 e. The predicted molar refractivity (Wildman–Crippen MR) is 127 cm³/mol.